The van der Waals surface area contributed by atoms with Gasteiger partial charge in [0.25, 0.3) is 0 Å². The van der Waals surface area contributed by atoms with Crippen molar-refractivity contribution < 1.29 is 14.2 Å². The quantitative estimate of drug-likeness (QED) is 0.637. The summed E-state index contributed by atoms with van der Waals surface area (Å²) in [5.74, 6) is 0. The van der Waals surface area contributed by atoms with E-state index in [1.165, 1.54) is 12.8 Å². The zero-order chi connectivity index (χ0) is 13.6. The van der Waals surface area contributed by atoms with Gasteiger partial charge in [-0.2, -0.15) is 5.26 Å². The summed E-state index contributed by atoms with van der Waals surface area (Å²) in [6.07, 6.45) is 5.28. The van der Waals surface area contributed by atoms with Gasteiger partial charge in [0.15, 0.2) is 0 Å². The Kier molecular flexibility index (Phi) is 5.59. The maximum atomic E-state index is 9.37. The molecule has 0 amide bonds. The van der Waals surface area contributed by atoms with Crippen molar-refractivity contribution in [3.63, 3.8) is 0 Å². The molecule has 0 bridgehead atoms. The summed E-state index contributed by atoms with van der Waals surface area (Å²) >= 11 is 0. The van der Waals surface area contributed by atoms with Crippen LogP contribution >= 0.6 is 0 Å². The molecule has 0 spiro atoms. The molecule has 0 aromatic heterocycles. The van der Waals surface area contributed by atoms with E-state index in [4.69, 9.17) is 14.2 Å². The fourth-order valence-corrected chi connectivity index (χ4v) is 2.54. The van der Waals surface area contributed by atoms with Crippen molar-refractivity contribution >= 4 is 0 Å². The molecular formula is C14H24N2O3. The molecular weight excluding hydrogens is 244 g/mol. The monoisotopic (exact) mass is 268 g/mol. The molecule has 2 rings (SSSR count). The lowest BCUT2D eigenvalue weighted by Crippen LogP contribution is -2.43. The van der Waals surface area contributed by atoms with Gasteiger partial charge in [-0.05, 0) is 25.7 Å². The van der Waals surface area contributed by atoms with Crippen molar-refractivity contribution in [1.29, 1.82) is 5.26 Å². The SMILES string of the molecule is COCCOCCOC1CCC(C#N)(NC2CC2)C1. The molecule has 5 nitrogen and oxygen atoms in total. The van der Waals surface area contributed by atoms with Crippen LogP contribution in [0.4, 0.5) is 0 Å². The third-order valence-corrected chi connectivity index (χ3v) is 3.75. The highest BCUT2D eigenvalue weighted by Crippen LogP contribution is 2.34. The Bertz CT molecular complexity index is 314. The Morgan fingerprint density at radius 3 is 2.68 bits per heavy atom. The number of methoxy groups -OCH3 is 1. The summed E-state index contributed by atoms with van der Waals surface area (Å²) in [6.45, 7) is 2.41. The molecule has 0 aromatic carbocycles. The smallest absolute Gasteiger partial charge is 0.109 e. The average Bonchev–Trinajstić information content (AvgIpc) is 3.13. The highest BCUT2D eigenvalue weighted by atomic mass is 16.5. The van der Waals surface area contributed by atoms with Crippen LogP contribution in [-0.4, -0.2) is 51.2 Å². The Labute approximate surface area is 115 Å². The van der Waals surface area contributed by atoms with Gasteiger partial charge >= 0.3 is 0 Å². The van der Waals surface area contributed by atoms with Gasteiger partial charge in [-0.1, -0.05) is 0 Å². The average molecular weight is 268 g/mol. The van der Waals surface area contributed by atoms with Crippen LogP contribution in [0.3, 0.4) is 0 Å². The van der Waals surface area contributed by atoms with Crippen molar-refractivity contribution in [3.05, 3.63) is 0 Å². The first-order valence-electron chi connectivity index (χ1n) is 7.15. The second-order valence-electron chi connectivity index (χ2n) is 5.45. The summed E-state index contributed by atoms with van der Waals surface area (Å²) in [4.78, 5) is 0. The zero-order valence-corrected chi connectivity index (χ0v) is 11.7. The Morgan fingerprint density at radius 2 is 2.00 bits per heavy atom. The molecule has 0 radical (unpaired) electrons. The first-order valence-corrected chi connectivity index (χ1v) is 7.15. The van der Waals surface area contributed by atoms with Gasteiger partial charge in [0.2, 0.25) is 0 Å². The van der Waals surface area contributed by atoms with E-state index < -0.39 is 0 Å². The van der Waals surface area contributed by atoms with Crippen LogP contribution in [0, 0.1) is 11.3 Å². The molecule has 2 aliphatic carbocycles. The second kappa shape index (κ2) is 7.20. The minimum absolute atomic E-state index is 0.192. The minimum Gasteiger partial charge on any atom is -0.382 e. The minimum atomic E-state index is -0.345. The molecule has 2 aliphatic rings. The van der Waals surface area contributed by atoms with E-state index in [1.54, 1.807) is 7.11 Å². The van der Waals surface area contributed by atoms with E-state index >= 15 is 0 Å². The third kappa shape index (κ3) is 4.73. The lowest BCUT2D eigenvalue weighted by molar-refractivity contribution is -0.00532. The lowest BCUT2D eigenvalue weighted by atomic mass is 9.99. The molecule has 2 unspecified atom stereocenters. The maximum absolute atomic E-state index is 9.37. The summed E-state index contributed by atoms with van der Waals surface area (Å²) in [5.41, 5.74) is -0.345. The molecule has 2 saturated carbocycles. The molecule has 2 fully saturated rings. The topological polar surface area (TPSA) is 63.5 Å². The highest BCUT2D eigenvalue weighted by molar-refractivity contribution is 5.14. The molecule has 19 heavy (non-hydrogen) atoms. The first kappa shape index (κ1) is 14.7. The van der Waals surface area contributed by atoms with Crippen LogP contribution in [0.15, 0.2) is 0 Å². The summed E-state index contributed by atoms with van der Waals surface area (Å²) in [6, 6.07) is 3.02. The van der Waals surface area contributed by atoms with Crippen molar-refractivity contribution in [1.82, 2.24) is 5.32 Å². The van der Waals surface area contributed by atoms with E-state index in [2.05, 4.69) is 11.4 Å². The largest absolute Gasteiger partial charge is 0.382 e. The summed E-state index contributed by atoms with van der Waals surface area (Å²) < 4.78 is 16.0. The number of hydrogen-bond donors (Lipinski definition) is 1. The van der Waals surface area contributed by atoms with Crippen LogP contribution in [0.1, 0.15) is 32.1 Å². The Morgan fingerprint density at radius 1 is 1.21 bits per heavy atom. The van der Waals surface area contributed by atoms with Crippen molar-refractivity contribution in [2.75, 3.05) is 33.5 Å². The number of nitrogens with zero attached hydrogens (tertiary/aromatic N) is 1. The Balaban J connectivity index is 1.60. The number of hydrogen-bond acceptors (Lipinski definition) is 5. The summed E-state index contributed by atoms with van der Waals surface area (Å²) in [7, 11) is 1.66. The number of nitriles is 1. The molecule has 1 N–H and O–H groups in total. The van der Waals surface area contributed by atoms with Gasteiger partial charge in [-0.25, -0.2) is 0 Å². The van der Waals surface area contributed by atoms with Crippen LogP contribution < -0.4 is 5.32 Å². The van der Waals surface area contributed by atoms with Crippen molar-refractivity contribution in [2.45, 2.75) is 49.8 Å². The van der Waals surface area contributed by atoms with Crippen LogP contribution in [-0.2, 0) is 14.2 Å². The fourth-order valence-electron chi connectivity index (χ4n) is 2.54. The number of nitrogens with one attached hydrogen (secondary N) is 1. The van der Waals surface area contributed by atoms with Gasteiger partial charge in [0.05, 0.1) is 38.6 Å². The normalized spacial score (nSPS) is 30.4. The fraction of sp³-hybridized carbons (Fsp3) is 0.929. The van der Waals surface area contributed by atoms with Crippen LogP contribution in [0.2, 0.25) is 0 Å². The van der Waals surface area contributed by atoms with Gasteiger partial charge in [-0.3, -0.25) is 5.32 Å². The molecule has 0 aromatic rings. The number of rotatable bonds is 9. The maximum Gasteiger partial charge on any atom is 0.109 e. The second-order valence-corrected chi connectivity index (χ2v) is 5.45. The van der Waals surface area contributed by atoms with E-state index in [0.717, 1.165) is 19.3 Å². The lowest BCUT2D eigenvalue weighted by Gasteiger charge is -2.22. The van der Waals surface area contributed by atoms with Crippen molar-refractivity contribution in [3.8, 4) is 6.07 Å². The van der Waals surface area contributed by atoms with E-state index in [9.17, 15) is 5.26 Å². The van der Waals surface area contributed by atoms with E-state index in [0.29, 0.717) is 32.5 Å². The molecule has 0 heterocycles. The molecule has 5 heteroatoms. The van der Waals surface area contributed by atoms with E-state index in [-0.39, 0.29) is 11.6 Å². The summed E-state index contributed by atoms with van der Waals surface area (Å²) in [5, 5.41) is 12.8. The van der Waals surface area contributed by atoms with Gasteiger partial charge in [-0.15, -0.1) is 0 Å². The molecule has 108 valence electrons. The highest BCUT2D eigenvalue weighted by Gasteiger charge is 2.43. The first-order chi connectivity index (χ1) is 9.28. The van der Waals surface area contributed by atoms with Gasteiger partial charge in [0, 0.05) is 19.6 Å². The molecule has 0 saturated heterocycles. The standard InChI is InChI=1S/C14H24N2O3/c1-17-6-7-18-8-9-19-13-4-5-14(10-13,11-15)16-12-2-3-12/h12-13,16H,2-10H2,1H3. The predicted molar refractivity (Wildman–Crippen MR) is 70.8 cm³/mol. The van der Waals surface area contributed by atoms with Crippen LogP contribution in [0.5, 0.6) is 0 Å². The zero-order valence-electron chi connectivity index (χ0n) is 11.7. The number of ether oxygens (including phenoxy) is 3. The van der Waals surface area contributed by atoms with Crippen molar-refractivity contribution in [2.24, 2.45) is 0 Å². The van der Waals surface area contributed by atoms with Gasteiger partial charge < -0.3 is 14.2 Å². The Hall–Kier alpha value is -0.670. The van der Waals surface area contributed by atoms with E-state index in [1.807, 2.05) is 0 Å². The molecule has 0 aliphatic heterocycles. The molecule has 2 atom stereocenters. The predicted octanol–water partition coefficient (Wildman–Crippen LogP) is 1.23. The van der Waals surface area contributed by atoms with Crippen LogP contribution in [0.25, 0.3) is 0 Å². The van der Waals surface area contributed by atoms with Gasteiger partial charge in [0.1, 0.15) is 5.54 Å². The third-order valence-electron chi connectivity index (χ3n) is 3.75.